The van der Waals surface area contributed by atoms with E-state index in [0.717, 1.165) is 16.0 Å². The van der Waals surface area contributed by atoms with Crippen LogP contribution in [-0.2, 0) is 4.79 Å². The molecule has 2 amide bonds. The molecule has 0 bridgehead atoms. The van der Waals surface area contributed by atoms with Crippen molar-refractivity contribution >= 4 is 39.8 Å². The molecular formula is C17H18N2O4S. The Labute approximate surface area is 143 Å². The summed E-state index contributed by atoms with van der Waals surface area (Å²) >= 11 is 1.33. The highest BCUT2D eigenvalue weighted by molar-refractivity contribution is 7.16. The van der Waals surface area contributed by atoms with E-state index in [1.54, 1.807) is 13.0 Å². The van der Waals surface area contributed by atoms with Gasteiger partial charge in [-0.3, -0.25) is 9.59 Å². The zero-order valence-corrected chi connectivity index (χ0v) is 14.6. The Morgan fingerprint density at radius 3 is 2.33 bits per heavy atom. The van der Waals surface area contributed by atoms with Crippen molar-refractivity contribution < 1.29 is 19.5 Å². The van der Waals surface area contributed by atoms with Gasteiger partial charge in [0.25, 0.3) is 5.91 Å². The van der Waals surface area contributed by atoms with E-state index >= 15 is 0 Å². The van der Waals surface area contributed by atoms with Crippen molar-refractivity contribution in [1.29, 1.82) is 0 Å². The predicted molar refractivity (Wildman–Crippen MR) is 94.2 cm³/mol. The van der Waals surface area contributed by atoms with Gasteiger partial charge in [-0.2, -0.15) is 0 Å². The topological polar surface area (TPSA) is 95.5 Å². The van der Waals surface area contributed by atoms with Crippen LogP contribution in [0.1, 0.15) is 43.6 Å². The Hall–Kier alpha value is -2.67. The van der Waals surface area contributed by atoms with Crippen LogP contribution in [0, 0.1) is 20.8 Å². The van der Waals surface area contributed by atoms with Gasteiger partial charge >= 0.3 is 5.97 Å². The van der Waals surface area contributed by atoms with Crippen molar-refractivity contribution in [2.24, 2.45) is 0 Å². The minimum atomic E-state index is -1.06. The van der Waals surface area contributed by atoms with Gasteiger partial charge in [-0.25, -0.2) is 4.79 Å². The second kappa shape index (κ2) is 6.84. The summed E-state index contributed by atoms with van der Waals surface area (Å²) in [7, 11) is 0. The van der Waals surface area contributed by atoms with Crippen LogP contribution in [0.4, 0.5) is 10.7 Å². The van der Waals surface area contributed by atoms with E-state index in [1.807, 2.05) is 13.8 Å². The number of carbonyl (C=O) groups is 3. The molecule has 0 aliphatic rings. The van der Waals surface area contributed by atoms with Gasteiger partial charge in [-0.1, -0.05) is 6.07 Å². The Morgan fingerprint density at radius 2 is 1.75 bits per heavy atom. The summed E-state index contributed by atoms with van der Waals surface area (Å²) < 4.78 is 0. The average Bonchev–Trinajstić information content (AvgIpc) is 2.75. The fraction of sp³-hybridized carbons (Fsp3) is 0.235. The monoisotopic (exact) mass is 346 g/mol. The summed E-state index contributed by atoms with van der Waals surface area (Å²) in [5.41, 5.74) is 2.45. The smallest absolute Gasteiger partial charge is 0.335 e. The van der Waals surface area contributed by atoms with Gasteiger partial charge in [0.05, 0.1) is 11.1 Å². The van der Waals surface area contributed by atoms with Gasteiger partial charge in [0, 0.05) is 17.5 Å². The number of hydrogen-bond donors (Lipinski definition) is 3. The van der Waals surface area contributed by atoms with Crippen LogP contribution >= 0.6 is 11.3 Å². The number of anilines is 2. The zero-order chi connectivity index (χ0) is 18.0. The van der Waals surface area contributed by atoms with Crippen molar-refractivity contribution in [2.45, 2.75) is 27.7 Å². The molecule has 6 nitrogen and oxygen atoms in total. The van der Waals surface area contributed by atoms with Crippen molar-refractivity contribution in [3.8, 4) is 0 Å². The van der Waals surface area contributed by atoms with Crippen LogP contribution in [0.3, 0.4) is 0 Å². The van der Waals surface area contributed by atoms with E-state index < -0.39 is 5.97 Å². The molecule has 0 saturated heterocycles. The fourth-order valence-corrected chi connectivity index (χ4v) is 3.33. The van der Waals surface area contributed by atoms with Gasteiger partial charge in [-0.05, 0) is 44.0 Å². The van der Waals surface area contributed by atoms with Crippen molar-refractivity contribution in [3.63, 3.8) is 0 Å². The first-order valence-electron chi connectivity index (χ1n) is 7.23. The fourth-order valence-electron chi connectivity index (χ4n) is 2.22. The summed E-state index contributed by atoms with van der Waals surface area (Å²) in [6.45, 7) is 6.85. The van der Waals surface area contributed by atoms with Crippen LogP contribution in [0.25, 0.3) is 0 Å². The summed E-state index contributed by atoms with van der Waals surface area (Å²) in [4.78, 5) is 36.0. The Balaban J connectivity index is 2.39. The molecule has 7 heteroatoms. The number of rotatable bonds is 4. The lowest BCUT2D eigenvalue weighted by Gasteiger charge is -2.11. The summed E-state index contributed by atoms with van der Waals surface area (Å²) in [5, 5.41) is 15.0. The van der Waals surface area contributed by atoms with E-state index in [-0.39, 0.29) is 17.4 Å². The number of thiophene rings is 1. The largest absolute Gasteiger partial charge is 0.478 e. The molecule has 0 aliphatic carbocycles. The molecule has 2 aromatic rings. The minimum Gasteiger partial charge on any atom is -0.478 e. The van der Waals surface area contributed by atoms with E-state index in [1.165, 1.54) is 30.4 Å². The molecule has 126 valence electrons. The molecule has 0 radical (unpaired) electrons. The second-order valence-corrected chi connectivity index (χ2v) is 6.68. The quantitative estimate of drug-likeness (QED) is 0.788. The standard InChI is InChI=1S/C17H18N2O4S/c1-8-5-6-12(17(22)23)7-13(8)19-15(21)14-9(2)10(3)24-16(14)18-11(4)20/h5-7H,1-4H3,(H,18,20)(H,19,21)(H,22,23). The van der Waals surface area contributed by atoms with Crippen LogP contribution in [0.15, 0.2) is 18.2 Å². The Kier molecular flexibility index (Phi) is 5.04. The number of carbonyl (C=O) groups excluding carboxylic acids is 2. The lowest BCUT2D eigenvalue weighted by molar-refractivity contribution is -0.114. The number of carboxylic acid groups (broad SMARTS) is 1. The highest BCUT2D eigenvalue weighted by atomic mass is 32.1. The molecule has 0 spiro atoms. The van der Waals surface area contributed by atoms with Gasteiger partial charge in [0.1, 0.15) is 5.00 Å². The zero-order valence-electron chi connectivity index (χ0n) is 13.8. The maximum absolute atomic E-state index is 12.7. The highest BCUT2D eigenvalue weighted by Gasteiger charge is 2.21. The first-order valence-corrected chi connectivity index (χ1v) is 8.05. The van der Waals surface area contributed by atoms with Gasteiger partial charge in [0.15, 0.2) is 0 Å². The first-order chi connectivity index (χ1) is 11.2. The second-order valence-electron chi connectivity index (χ2n) is 5.46. The van der Waals surface area contributed by atoms with Gasteiger partial charge < -0.3 is 15.7 Å². The van der Waals surface area contributed by atoms with Gasteiger partial charge in [-0.15, -0.1) is 11.3 Å². The minimum absolute atomic E-state index is 0.0937. The molecular weight excluding hydrogens is 328 g/mol. The molecule has 0 fully saturated rings. The molecule has 1 aromatic carbocycles. The summed E-state index contributed by atoms with van der Waals surface area (Å²) in [6, 6.07) is 4.54. The lowest BCUT2D eigenvalue weighted by Crippen LogP contribution is -2.17. The number of aromatic carboxylic acids is 1. The number of nitrogens with one attached hydrogen (secondary N) is 2. The lowest BCUT2D eigenvalue weighted by atomic mass is 10.1. The average molecular weight is 346 g/mol. The third-order valence-corrected chi connectivity index (χ3v) is 4.76. The summed E-state index contributed by atoms with van der Waals surface area (Å²) in [5.74, 6) is -1.70. The number of carboxylic acids is 1. The van der Waals surface area contributed by atoms with E-state index in [9.17, 15) is 14.4 Å². The molecule has 3 N–H and O–H groups in total. The number of benzene rings is 1. The normalized spacial score (nSPS) is 10.3. The number of hydrogen-bond acceptors (Lipinski definition) is 4. The molecule has 2 rings (SSSR count). The highest BCUT2D eigenvalue weighted by Crippen LogP contribution is 2.33. The van der Waals surface area contributed by atoms with E-state index in [4.69, 9.17) is 5.11 Å². The number of aryl methyl sites for hydroxylation is 2. The molecule has 24 heavy (non-hydrogen) atoms. The van der Waals surface area contributed by atoms with Crippen LogP contribution in [0.5, 0.6) is 0 Å². The van der Waals surface area contributed by atoms with Crippen molar-refractivity contribution in [1.82, 2.24) is 0 Å². The maximum Gasteiger partial charge on any atom is 0.335 e. The molecule has 1 heterocycles. The van der Waals surface area contributed by atoms with E-state index in [2.05, 4.69) is 10.6 Å². The molecule has 0 saturated carbocycles. The van der Waals surface area contributed by atoms with Crippen LogP contribution in [-0.4, -0.2) is 22.9 Å². The van der Waals surface area contributed by atoms with Crippen LogP contribution < -0.4 is 10.6 Å². The van der Waals surface area contributed by atoms with E-state index in [0.29, 0.717) is 16.3 Å². The molecule has 1 aromatic heterocycles. The third-order valence-electron chi connectivity index (χ3n) is 3.63. The molecule has 0 aliphatic heterocycles. The third kappa shape index (κ3) is 3.62. The summed E-state index contributed by atoms with van der Waals surface area (Å²) in [6.07, 6.45) is 0. The predicted octanol–water partition coefficient (Wildman–Crippen LogP) is 3.58. The van der Waals surface area contributed by atoms with Gasteiger partial charge in [0.2, 0.25) is 5.91 Å². The first kappa shape index (κ1) is 17.7. The SMILES string of the molecule is CC(=O)Nc1sc(C)c(C)c1C(=O)Nc1cc(C(=O)O)ccc1C. The van der Waals surface area contributed by atoms with Crippen molar-refractivity contribution in [2.75, 3.05) is 10.6 Å². The van der Waals surface area contributed by atoms with Crippen molar-refractivity contribution in [3.05, 3.63) is 45.3 Å². The van der Waals surface area contributed by atoms with Crippen LogP contribution in [0.2, 0.25) is 0 Å². The Bertz CT molecular complexity index is 839. The molecule has 0 unspecified atom stereocenters. The molecule has 0 atom stereocenters. The Morgan fingerprint density at radius 1 is 1.08 bits per heavy atom. The number of amides is 2. The maximum atomic E-state index is 12.7.